The summed E-state index contributed by atoms with van der Waals surface area (Å²) in [5, 5.41) is 0. The van der Waals surface area contributed by atoms with E-state index in [1.807, 2.05) is 0 Å². The molecule has 5 nitrogen and oxygen atoms in total. The Morgan fingerprint density at radius 3 is 2.68 bits per heavy atom. The zero-order valence-electron chi connectivity index (χ0n) is 13.1. The number of ketones is 1. The minimum atomic E-state index is -1.06. The molecule has 1 aromatic carbocycles. The monoisotopic (exact) mass is 426 g/mol. The molecule has 0 spiro atoms. The van der Waals surface area contributed by atoms with Gasteiger partial charge in [0, 0.05) is 11.5 Å². The van der Waals surface area contributed by atoms with Crippen LogP contribution in [0.3, 0.4) is 0 Å². The van der Waals surface area contributed by atoms with Crippen LogP contribution in [0.5, 0.6) is 0 Å². The van der Waals surface area contributed by atoms with Crippen molar-refractivity contribution in [3.63, 3.8) is 0 Å². The molecule has 2 aliphatic carbocycles. The quantitative estimate of drug-likeness (QED) is 0.410. The van der Waals surface area contributed by atoms with E-state index in [9.17, 15) is 14.4 Å². The maximum atomic E-state index is 12.8. The highest BCUT2D eigenvalue weighted by Crippen LogP contribution is 2.60. The van der Waals surface area contributed by atoms with E-state index in [0.29, 0.717) is 5.56 Å². The van der Waals surface area contributed by atoms with Crippen LogP contribution in [0.25, 0.3) is 0 Å². The summed E-state index contributed by atoms with van der Waals surface area (Å²) in [5.74, 6) is -2.33. The van der Waals surface area contributed by atoms with E-state index in [-0.39, 0.29) is 40.4 Å². The standard InChI is InChI=1S/C18H16BrClO5/c19-14-9-6-10-13(18(23)25-16(10)14)12(9)17(22)24-11(7-20)15(21)8-4-2-1-3-5-8/h1-5,9-14,16H,6-7H2/t9-,10-,11+,12-,13-,14-,16+/m1/s1. The predicted octanol–water partition coefficient (Wildman–Crippen LogP) is 2.59. The molecule has 7 atom stereocenters. The van der Waals surface area contributed by atoms with Gasteiger partial charge in [-0.1, -0.05) is 46.3 Å². The number of fused-ring (bicyclic) bond motifs is 1. The van der Waals surface area contributed by atoms with Gasteiger partial charge in [-0.3, -0.25) is 14.4 Å². The Balaban J connectivity index is 1.51. The molecule has 132 valence electrons. The summed E-state index contributed by atoms with van der Waals surface area (Å²) in [7, 11) is 0. The van der Waals surface area contributed by atoms with Crippen molar-refractivity contribution in [2.75, 3.05) is 5.88 Å². The van der Waals surface area contributed by atoms with Gasteiger partial charge in [0.2, 0.25) is 5.78 Å². The Labute approximate surface area is 158 Å². The van der Waals surface area contributed by atoms with E-state index in [4.69, 9.17) is 21.1 Å². The summed E-state index contributed by atoms with van der Waals surface area (Å²) in [6.45, 7) is 0. The molecule has 2 bridgehead atoms. The number of hydrogen-bond acceptors (Lipinski definition) is 5. The Morgan fingerprint density at radius 2 is 2.00 bits per heavy atom. The number of esters is 2. The summed E-state index contributed by atoms with van der Waals surface area (Å²) < 4.78 is 10.8. The normalized spacial score (nSPS) is 36.2. The van der Waals surface area contributed by atoms with Gasteiger partial charge in [-0.05, 0) is 12.3 Å². The van der Waals surface area contributed by atoms with Gasteiger partial charge in [0.05, 0.1) is 22.5 Å². The molecule has 2 saturated carbocycles. The lowest BCUT2D eigenvalue weighted by Crippen LogP contribution is -2.41. The number of alkyl halides is 2. The number of Topliss-reactive ketones (excluding diaryl/α,β-unsaturated/α-hetero) is 1. The average molecular weight is 428 g/mol. The van der Waals surface area contributed by atoms with Crippen LogP contribution in [0.1, 0.15) is 16.8 Å². The number of carbonyl (C=O) groups excluding carboxylic acids is 3. The first-order valence-electron chi connectivity index (χ1n) is 8.23. The van der Waals surface area contributed by atoms with Crippen LogP contribution in [0.15, 0.2) is 30.3 Å². The average Bonchev–Trinajstić information content (AvgIpc) is 3.24. The van der Waals surface area contributed by atoms with Gasteiger partial charge >= 0.3 is 11.9 Å². The van der Waals surface area contributed by atoms with Crippen LogP contribution < -0.4 is 0 Å². The van der Waals surface area contributed by atoms with Gasteiger partial charge in [-0.2, -0.15) is 0 Å². The highest BCUT2D eigenvalue weighted by Gasteiger charge is 2.68. The summed E-state index contributed by atoms with van der Waals surface area (Å²) >= 11 is 9.43. The molecule has 1 aliphatic heterocycles. The van der Waals surface area contributed by atoms with Crippen LogP contribution in [0.4, 0.5) is 0 Å². The maximum absolute atomic E-state index is 12.8. The number of ether oxygens (including phenoxy) is 2. The van der Waals surface area contributed by atoms with Crippen molar-refractivity contribution in [3.05, 3.63) is 35.9 Å². The minimum absolute atomic E-state index is 0.0123. The Hall–Kier alpha value is -1.40. The molecule has 4 rings (SSSR count). The molecule has 1 heterocycles. The van der Waals surface area contributed by atoms with Crippen molar-refractivity contribution in [3.8, 4) is 0 Å². The lowest BCUT2D eigenvalue weighted by molar-refractivity contribution is -0.157. The van der Waals surface area contributed by atoms with Gasteiger partial charge in [-0.15, -0.1) is 11.6 Å². The smallest absolute Gasteiger partial charge is 0.310 e. The largest absolute Gasteiger partial charge is 0.461 e. The molecular formula is C18H16BrClO5. The highest BCUT2D eigenvalue weighted by molar-refractivity contribution is 9.09. The molecule has 0 amide bonds. The fraction of sp³-hybridized carbons (Fsp3) is 0.500. The topological polar surface area (TPSA) is 69.7 Å². The molecule has 1 aromatic rings. The van der Waals surface area contributed by atoms with Crippen molar-refractivity contribution in [2.24, 2.45) is 23.7 Å². The first-order chi connectivity index (χ1) is 12.0. The van der Waals surface area contributed by atoms with Gasteiger partial charge in [0.15, 0.2) is 6.10 Å². The van der Waals surface area contributed by atoms with Gasteiger partial charge in [-0.25, -0.2) is 0 Å². The van der Waals surface area contributed by atoms with Crippen molar-refractivity contribution >= 4 is 45.3 Å². The maximum Gasteiger partial charge on any atom is 0.310 e. The lowest BCUT2D eigenvalue weighted by Gasteiger charge is -2.28. The molecule has 3 fully saturated rings. The third kappa shape index (κ3) is 2.61. The second-order valence-corrected chi connectivity index (χ2v) is 8.14. The van der Waals surface area contributed by atoms with E-state index in [2.05, 4.69) is 15.9 Å². The molecule has 0 radical (unpaired) electrons. The SMILES string of the molecule is O=C(O[C@@H](CCl)C(=O)c1ccccc1)[C@@H]1[C@H]2C[C@H]3[C@H](OC(=O)[C@H]31)[C@@H]2Br. The first kappa shape index (κ1) is 17.0. The third-order valence-electron chi connectivity index (χ3n) is 5.54. The molecule has 3 aliphatic rings. The number of carbonyl (C=O) groups is 3. The van der Waals surface area contributed by atoms with Crippen molar-refractivity contribution in [2.45, 2.75) is 23.5 Å². The molecular weight excluding hydrogens is 412 g/mol. The van der Waals surface area contributed by atoms with Gasteiger partial charge in [0.25, 0.3) is 0 Å². The molecule has 0 unspecified atom stereocenters. The van der Waals surface area contributed by atoms with Crippen molar-refractivity contribution < 1.29 is 23.9 Å². The number of halogens is 2. The van der Waals surface area contributed by atoms with Gasteiger partial charge < -0.3 is 9.47 Å². The van der Waals surface area contributed by atoms with E-state index in [1.165, 1.54) is 0 Å². The minimum Gasteiger partial charge on any atom is -0.461 e. The summed E-state index contributed by atoms with van der Waals surface area (Å²) in [5.41, 5.74) is 0.438. The highest BCUT2D eigenvalue weighted by atomic mass is 79.9. The molecule has 1 saturated heterocycles. The van der Waals surface area contributed by atoms with Crippen LogP contribution in [0.2, 0.25) is 0 Å². The molecule has 7 heteroatoms. The second-order valence-electron chi connectivity index (χ2n) is 6.77. The second kappa shape index (κ2) is 6.40. The Kier molecular flexibility index (Phi) is 4.36. The van der Waals surface area contributed by atoms with E-state index in [0.717, 1.165) is 6.42 Å². The van der Waals surface area contributed by atoms with Crippen LogP contribution in [0, 0.1) is 23.7 Å². The molecule has 0 N–H and O–H groups in total. The fourth-order valence-corrected chi connectivity index (χ4v) is 5.70. The predicted molar refractivity (Wildman–Crippen MR) is 92.5 cm³/mol. The van der Waals surface area contributed by atoms with E-state index < -0.39 is 23.9 Å². The summed E-state index contributed by atoms with van der Waals surface area (Å²) in [6.07, 6.45) is -0.450. The summed E-state index contributed by atoms with van der Waals surface area (Å²) in [4.78, 5) is 37.3. The van der Waals surface area contributed by atoms with Crippen LogP contribution >= 0.6 is 27.5 Å². The third-order valence-corrected chi connectivity index (χ3v) is 7.02. The molecule has 25 heavy (non-hydrogen) atoms. The number of rotatable bonds is 5. The van der Waals surface area contributed by atoms with Crippen molar-refractivity contribution in [1.82, 2.24) is 0 Å². The Morgan fingerprint density at radius 1 is 1.28 bits per heavy atom. The van der Waals surface area contributed by atoms with E-state index >= 15 is 0 Å². The Bertz CT molecular complexity index is 723. The van der Waals surface area contributed by atoms with Gasteiger partial charge in [0.1, 0.15) is 6.10 Å². The lowest BCUT2D eigenvalue weighted by atomic mass is 9.80. The van der Waals surface area contributed by atoms with Crippen LogP contribution in [-0.4, -0.2) is 40.6 Å². The molecule has 0 aromatic heterocycles. The zero-order chi connectivity index (χ0) is 17.7. The van der Waals surface area contributed by atoms with E-state index in [1.54, 1.807) is 30.3 Å². The van der Waals surface area contributed by atoms with Crippen LogP contribution in [-0.2, 0) is 19.1 Å². The first-order valence-corrected chi connectivity index (χ1v) is 9.68. The zero-order valence-corrected chi connectivity index (χ0v) is 15.5. The number of hydrogen-bond donors (Lipinski definition) is 0. The summed E-state index contributed by atoms with van der Waals surface area (Å²) in [6, 6.07) is 8.58. The van der Waals surface area contributed by atoms with Crippen molar-refractivity contribution in [1.29, 1.82) is 0 Å². The number of benzene rings is 1. The fourth-order valence-electron chi connectivity index (χ4n) is 4.46.